The quantitative estimate of drug-likeness (QED) is 0.731. The minimum absolute atomic E-state index is 0.136. The molecular weight excluding hydrogens is 344 g/mol. The van der Waals surface area contributed by atoms with E-state index in [1.807, 2.05) is 6.07 Å². The van der Waals surface area contributed by atoms with E-state index < -0.39 is 0 Å². The number of rotatable bonds is 3. The smallest absolute Gasteiger partial charge is 0.257 e. The third kappa shape index (κ3) is 3.17. The lowest BCUT2D eigenvalue weighted by Gasteiger charge is -2.28. The molecule has 0 atom stereocenters. The number of hydrogen-bond donors (Lipinski definition) is 2. The van der Waals surface area contributed by atoms with Gasteiger partial charge in [-0.1, -0.05) is 0 Å². The van der Waals surface area contributed by atoms with Crippen LogP contribution in [-0.4, -0.2) is 44.3 Å². The number of hydrogen-bond acceptors (Lipinski definition) is 6. The van der Waals surface area contributed by atoms with E-state index in [4.69, 9.17) is 0 Å². The summed E-state index contributed by atoms with van der Waals surface area (Å²) in [6, 6.07) is 7.09. The molecule has 8 nitrogen and oxygen atoms in total. The van der Waals surface area contributed by atoms with E-state index in [2.05, 4.69) is 25.3 Å². The third-order valence-electron chi connectivity index (χ3n) is 4.57. The second-order valence-corrected chi connectivity index (χ2v) is 6.21. The molecule has 0 saturated heterocycles. The monoisotopic (exact) mass is 362 g/mol. The fraction of sp³-hybridized carbons (Fsp3) is 0.211. The molecule has 0 aromatic carbocycles. The summed E-state index contributed by atoms with van der Waals surface area (Å²) in [6.45, 7) is 0.740. The zero-order valence-electron chi connectivity index (χ0n) is 14.8. The summed E-state index contributed by atoms with van der Waals surface area (Å²) in [7, 11) is 1.73. The molecule has 0 radical (unpaired) electrons. The highest BCUT2D eigenvalue weighted by Crippen LogP contribution is 2.21. The summed E-state index contributed by atoms with van der Waals surface area (Å²) >= 11 is 0. The van der Waals surface area contributed by atoms with E-state index in [9.17, 15) is 9.59 Å². The maximum absolute atomic E-state index is 13.0. The summed E-state index contributed by atoms with van der Waals surface area (Å²) in [6.07, 6.45) is 5.40. The van der Waals surface area contributed by atoms with Gasteiger partial charge in [-0.15, -0.1) is 0 Å². The minimum Gasteiger partial charge on any atom is -0.372 e. The second-order valence-electron chi connectivity index (χ2n) is 6.21. The van der Waals surface area contributed by atoms with Crippen LogP contribution in [0.3, 0.4) is 0 Å². The Balaban J connectivity index is 1.67. The van der Waals surface area contributed by atoms with Crippen molar-refractivity contribution in [1.82, 2.24) is 24.8 Å². The molecule has 0 saturated carbocycles. The number of fused-ring (bicyclic) bond motifs is 1. The molecule has 0 aliphatic carbocycles. The number of carbonyl (C=O) groups excluding carboxylic acids is 1. The van der Waals surface area contributed by atoms with E-state index in [0.29, 0.717) is 41.4 Å². The van der Waals surface area contributed by atoms with Crippen molar-refractivity contribution in [2.75, 3.05) is 18.9 Å². The third-order valence-corrected chi connectivity index (χ3v) is 4.57. The van der Waals surface area contributed by atoms with E-state index in [1.54, 1.807) is 48.7 Å². The van der Waals surface area contributed by atoms with Crippen LogP contribution in [0.5, 0.6) is 0 Å². The molecule has 0 bridgehead atoms. The van der Waals surface area contributed by atoms with Gasteiger partial charge >= 0.3 is 0 Å². The van der Waals surface area contributed by atoms with Gasteiger partial charge in [0, 0.05) is 43.3 Å². The molecule has 8 heteroatoms. The fourth-order valence-electron chi connectivity index (χ4n) is 3.20. The Kier molecular flexibility index (Phi) is 4.37. The normalized spacial score (nSPS) is 13.1. The van der Waals surface area contributed by atoms with Crippen molar-refractivity contribution in [3.05, 3.63) is 70.0 Å². The number of anilines is 1. The summed E-state index contributed by atoms with van der Waals surface area (Å²) in [5.74, 6) is 0.852. The number of aromatic nitrogens is 4. The summed E-state index contributed by atoms with van der Waals surface area (Å²) in [5.41, 5.74) is 2.31. The average Bonchev–Trinajstić information content (AvgIpc) is 2.73. The number of carbonyl (C=O) groups is 1. The Hall–Kier alpha value is -3.55. The maximum atomic E-state index is 13.0. The topological polar surface area (TPSA) is 104 Å². The lowest BCUT2D eigenvalue weighted by Crippen LogP contribution is -2.39. The van der Waals surface area contributed by atoms with Crippen molar-refractivity contribution < 1.29 is 4.79 Å². The molecule has 3 aromatic rings. The Morgan fingerprint density at radius 1 is 1.26 bits per heavy atom. The zero-order chi connectivity index (χ0) is 18.8. The molecule has 2 N–H and O–H groups in total. The van der Waals surface area contributed by atoms with Gasteiger partial charge in [0.25, 0.3) is 11.5 Å². The number of H-pyrrole nitrogens is 1. The number of nitrogens with zero attached hydrogens (tertiary/aromatic N) is 4. The molecule has 4 heterocycles. The lowest BCUT2D eigenvalue weighted by atomic mass is 10.0. The van der Waals surface area contributed by atoms with Crippen LogP contribution in [0.4, 0.5) is 5.82 Å². The van der Waals surface area contributed by atoms with Crippen LogP contribution in [0.25, 0.3) is 11.4 Å². The predicted octanol–water partition coefficient (Wildman–Crippen LogP) is 1.47. The van der Waals surface area contributed by atoms with Crippen LogP contribution >= 0.6 is 0 Å². The van der Waals surface area contributed by atoms with Gasteiger partial charge in [0.2, 0.25) is 0 Å². The van der Waals surface area contributed by atoms with Crippen LogP contribution in [0.15, 0.2) is 47.7 Å². The Morgan fingerprint density at radius 2 is 2.11 bits per heavy atom. The molecule has 1 aliphatic rings. The van der Waals surface area contributed by atoms with Gasteiger partial charge in [0.1, 0.15) is 11.6 Å². The molecule has 27 heavy (non-hydrogen) atoms. The fourth-order valence-corrected chi connectivity index (χ4v) is 3.20. The molecular formula is C19H18N6O2. The number of aromatic amines is 1. The molecule has 0 fully saturated rings. The standard InChI is InChI=1S/C19H18N6O2/c1-20-17-14(5-3-8-22-17)19(27)25-9-6-13-15(11-25)23-16(24-18(13)26)12-4-2-7-21-10-12/h2-5,7-8,10H,6,9,11H2,1H3,(H,20,22)(H,23,24,26). The molecule has 4 rings (SSSR count). The predicted molar refractivity (Wildman–Crippen MR) is 100 cm³/mol. The molecule has 0 unspecified atom stereocenters. The van der Waals surface area contributed by atoms with E-state index in [0.717, 1.165) is 5.56 Å². The largest absolute Gasteiger partial charge is 0.372 e. The Morgan fingerprint density at radius 3 is 2.89 bits per heavy atom. The van der Waals surface area contributed by atoms with E-state index in [1.165, 1.54) is 0 Å². The molecule has 1 aliphatic heterocycles. The van der Waals surface area contributed by atoms with Crippen molar-refractivity contribution in [2.24, 2.45) is 0 Å². The van der Waals surface area contributed by atoms with Crippen LogP contribution < -0.4 is 10.9 Å². The van der Waals surface area contributed by atoms with Crippen LogP contribution in [0.1, 0.15) is 21.6 Å². The summed E-state index contributed by atoms with van der Waals surface area (Å²) < 4.78 is 0. The van der Waals surface area contributed by atoms with Gasteiger partial charge in [-0.25, -0.2) is 9.97 Å². The Labute approximate surface area is 155 Å². The first kappa shape index (κ1) is 16.9. The SMILES string of the molecule is CNc1ncccc1C(=O)N1CCc2c(nc(-c3cccnc3)[nH]c2=O)C1. The number of nitrogens with one attached hydrogen (secondary N) is 2. The van der Waals surface area contributed by atoms with Crippen molar-refractivity contribution in [2.45, 2.75) is 13.0 Å². The van der Waals surface area contributed by atoms with Gasteiger partial charge < -0.3 is 15.2 Å². The van der Waals surface area contributed by atoms with Crippen molar-refractivity contribution in [3.63, 3.8) is 0 Å². The first-order chi connectivity index (χ1) is 13.2. The van der Waals surface area contributed by atoms with Gasteiger partial charge in [-0.05, 0) is 30.7 Å². The zero-order valence-corrected chi connectivity index (χ0v) is 14.8. The molecule has 136 valence electrons. The number of amides is 1. The van der Waals surface area contributed by atoms with Crippen LogP contribution in [-0.2, 0) is 13.0 Å². The van der Waals surface area contributed by atoms with Crippen molar-refractivity contribution in [1.29, 1.82) is 0 Å². The molecule has 0 spiro atoms. The van der Waals surface area contributed by atoms with Crippen LogP contribution in [0.2, 0.25) is 0 Å². The van der Waals surface area contributed by atoms with Crippen molar-refractivity contribution in [3.8, 4) is 11.4 Å². The molecule has 3 aromatic heterocycles. The lowest BCUT2D eigenvalue weighted by molar-refractivity contribution is 0.0732. The van der Waals surface area contributed by atoms with E-state index >= 15 is 0 Å². The molecule has 1 amide bonds. The van der Waals surface area contributed by atoms with Crippen molar-refractivity contribution >= 4 is 11.7 Å². The highest BCUT2D eigenvalue weighted by molar-refractivity contribution is 5.98. The average molecular weight is 362 g/mol. The first-order valence-corrected chi connectivity index (χ1v) is 8.62. The van der Waals surface area contributed by atoms with E-state index in [-0.39, 0.29) is 18.0 Å². The number of pyridine rings is 2. The summed E-state index contributed by atoms with van der Waals surface area (Å²) in [5, 5.41) is 2.94. The highest BCUT2D eigenvalue weighted by Gasteiger charge is 2.26. The summed E-state index contributed by atoms with van der Waals surface area (Å²) in [4.78, 5) is 42.8. The highest BCUT2D eigenvalue weighted by atomic mass is 16.2. The van der Waals surface area contributed by atoms with Gasteiger partial charge in [-0.3, -0.25) is 14.6 Å². The minimum atomic E-state index is -0.164. The first-order valence-electron chi connectivity index (χ1n) is 8.62. The van der Waals surface area contributed by atoms with Gasteiger partial charge in [0.15, 0.2) is 0 Å². The second kappa shape index (κ2) is 6.99. The maximum Gasteiger partial charge on any atom is 0.257 e. The van der Waals surface area contributed by atoms with Gasteiger partial charge in [-0.2, -0.15) is 0 Å². The van der Waals surface area contributed by atoms with Gasteiger partial charge in [0.05, 0.1) is 17.8 Å². The Bertz CT molecular complexity index is 1050. The van der Waals surface area contributed by atoms with Crippen LogP contribution in [0, 0.1) is 0 Å².